The molecule has 1 N–H and O–H groups in total. The van der Waals surface area contributed by atoms with E-state index in [4.69, 9.17) is 5.10 Å². The molecule has 2 heterocycles. The molecule has 1 aliphatic carbocycles. The molecular formula is C22H24N4O2S. The highest BCUT2D eigenvalue weighted by Gasteiger charge is 2.22. The summed E-state index contributed by atoms with van der Waals surface area (Å²) in [5.74, 6) is 0. The Hall–Kier alpha value is -2.77. The maximum atomic E-state index is 12.4. The van der Waals surface area contributed by atoms with Crippen LogP contribution in [-0.2, 0) is 16.6 Å². The Morgan fingerprint density at radius 2 is 1.79 bits per heavy atom. The molecule has 0 amide bonds. The van der Waals surface area contributed by atoms with E-state index in [9.17, 15) is 8.42 Å². The molecule has 1 fully saturated rings. The maximum Gasteiger partial charge on any atom is 0.234 e. The topological polar surface area (TPSA) is 76.9 Å². The van der Waals surface area contributed by atoms with Crippen LogP contribution in [0.25, 0.3) is 17.3 Å². The van der Waals surface area contributed by atoms with Gasteiger partial charge in [0.2, 0.25) is 10.0 Å². The van der Waals surface area contributed by atoms with E-state index in [0.717, 1.165) is 29.7 Å². The molecule has 1 aromatic carbocycles. The molecular weight excluding hydrogens is 384 g/mol. The first-order chi connectivity index (χ1) is 14.1. The van der Waals surface area contributed by atoms with Crippen LogP contribution in [-0.4, -0.2) is 23.2 Å². The monoisotopic (exact) mass is 408 g/mol. The van der Waals surface area contributed by atoms with E-state index in [0.29, 0.717) is 11.7 Å². The average Bonchev–Trinajstić information content (AvgIpc) is 3.42. The lowest BCUT2D eigenvalue weighted by Gasteiger charge is -2.14. The molecule has 0 spiro atoms. The highest BCUT2D eigenvalue weighted by Crippen LogP contribution is 2.33. The smallest absolute Gasteiger partial charge is 0.234 e. The van der Waals surface area contributed by atoms with Gasteiger partial charge in [-0.1, -0.05) is 43.2 Å². The second-order valence-electron chi connectivity index (χ2n) is 7.22. The minimum Gasteiger partial charge on any atom is -0.265 e. The second kappa shape index (κ2) is 8.71. The predicted octanol–water partition coefficient (Wildman–Crippen LogP) is 4.15. The van der Waals surface area contributed by atoms with E-state index >= 15 is 0 Å². The second-order valence-corrected chi connectivity index (χ2v) is 8.87. The van der Waals surface area contributed by atoms with E-state index in [1.807, 2.05) is 48.5 Å². The van der Waals surface area contributed by atoms with E-state index < -0.39 is 10.0 Å². The molecule has 2 aromatic heterocycles. The molecule has 0 atom stereocenters. The Bertz CT molecular complexity index is 1070. The number of hydrogen-bond acceptors (Lipinski definition) is 4. The summed E-state index contributed by atoms with van der Waals surface area (Å²) < 4.78 is 29.4. The molecule has 0 bridgehead atoms. The fourth-order valence-corrected chi connectivity index (χ4v) is 4.43. The molecule has 150 valence electrons. The largest absolute Gasteiger partial charge is 0.265 e. The molecule has 0 saturated heterocycles. The first kappa shape index (κ1) is 19.5. The summed E-state index contributed by atoms with van der Waals surface area (Å²) in [6, 6.07) is 15.6. The van der Waals surface area contributed by atoms with Gasteiger partial charge >= 0.3 is 0 Å². The highest BCUT2D eigenvalue weighted by molar-refractivity contribution is 7.92. The van der Waals surface area contributed by atoms with Crippen molar-refractivity contribution in [2.24, 2.45) is 0 Å². The number of aromatic nitrogens is 3. The number of nitrogens with one attached hydrogen (secondary N) is 1. The van der Waals surface area contributed by atoms with Crippen molar-refractivity contribution in [2.75, 3.05) is 0 Å². The number of hydrogen-bond donors (Lipinski definition) is 1. The summed E-state index contributed by atoms with van der Waals surface area (Å²) in [6.45, 7) is 0.152. The Morgan fingerprint density at radius 3 is 2.52 bits per heavy atom. The van der Waals surface area contributed by atoms with Crippen molar-refractivity contribution in [1.29, 1.82) is 0 Å². The van der Waals surface area contributed by atoms with Crippen molar-refractivity contribution in [1.82, 2.24) is 19.5 Å². The molecule has 0 radical (unpaired) electrons. The fourth-order valence-electron chi connectivity index (χ4n) is 3.65. The first-order valence-electron chi connectivity index (χ1n) is 9.82. The van der Waals surface area contributed by atoms with E-state index in [1.165, 1.54) is 18.2 Å². The zero-order valence-electron chi connectivity index (χ0n) is 16.1. The van der Waals surface area contributed by atoms with E-state index in [-0.39, 0.29) is 6.54 Å². The number of rotatable bonds is 7. The normalized spacial score (nSPS) is 15.3. The molecule has 1 aliphatic rings. The number of benzene rings is 1. The van der Waals surface area contributed by atoms with Crippen LogP contribution in [0.2, 0.25) is 0 Å². The van der Waals surface area contributed by atoms with Gasteiger partial charge in [0.05, 0.1) is 24.0 Å². The Labute approximate surface area is 171 Å². The molecule has 0 aliphatic heterocycles. The van der Waals surface area contributed by atoms with Gasteiger partial charge in [-0.25, -0.2) is 13.1 Å². The van der Waals surface area contributed by atoms with Crippen LogP contribution in [0.4, 0.5) is 0 Å². The summed E-state index contributed by atoms with van der Waals surface area (Å²) in [6.07, 6.45) is 9.71. The van der Waals surface area contributed by atoms with Crippen LogP contribution in [0.5, 0.6) is 0 Å². The lowest BCUT2D eigenvalue weighted by atomic mass is 10.1. The number of sulfonamides is 1. The zero-order valence-corrected chi connectivity index (χ0v) is 16.9. The van der Waals surface area contributed by atoms with Gasteiger partial charge in [-0.3, -0.25) is 9.67 Å². The third kappa shape index (κ3) is 4.99. The van der Waals surface area contributed by atoms with Crippen molar-refractivity contribution in [3.63, 3.8) is 0 Å². The predicted molar refractivity (Wildman–Crippen MR) is 114 cm³/mol. The average molecular weight is 409 g/mol. The third-order valence-corrected chi connectivity index (χ3v) is 6.17. The van der Waals surface area contributed by atoms with Crippen molar-refractivity contribution in [3.8, 4) is 11.3 Å². The maximum absolute atomic E-state index is 12.4. The molecule has 4 rings (SSSR count). The highest BCUT2D eigenvalue weighted by atomic mass is 32.2. The SMILES string of the molecule is O=S(=O)(/C=C/c1ccccc1)NCc1cc(-c2ccncc2)n(C2CCCC2)n1. The molecule has 29 heavy (non-hydrogen) atoms. The number of nitrogens with zero attached hydrogens (tertiary/aromatic N) is 3. The van der Waals surface area contributed by atoms with Gasteiger partial charge in [-0.2, -0.15) is 5.10 Å². The van der Waals surface area contributed by atoms with Crippen LogP contribution >= 0.6 is 0 Å². The molecule has 3 aromatic rings. The van der Waals surface area contributed by atoms with Crippen LogP contribution in [0, 0.1) is 0 Å². The van der Waals surface area contributed by atoms with Crippen LogP contribution in [0.1, 0.15) is 43.0 Å². The van der Waals surface area contributed by atoms with Crippen LogP contribution < -0.4 is 4.72 Å². The molecule has 1 saturated carbocycles. The zero-order chi connectivity index (χ0) is 20.1. The standard InChI is InChI=1S/C22H24N4O2S/c27-29(28,15-12-18-6-2-1-3-7-18)24-17-20-16-22(19-10-13-23-14-11-19)26(25-20)21-8-4-5-9-21/h1-3,6-7,10-16,21,24H,4-5,8-9,17H2/b15-12+. The van der Waals surface area contributed by atoms with Crippen LogP contribution in [0.15, 0.2) is 66.3 Å². The summed E-state index contributed by atoms with van der Waals surface area (Å²) >= 11 is 0. The molecule has 7 heteroatoms. The lowest BCUT2D eigenvalue weighted by Crippen LogP contribution is -2.21. The van der Waals surface area contributed by atoms with Gasteiger partial charge in [0.25, 0.3) is 0 Å². The first-order valence-corrected chi connectivity index (χ1v) is 11.4. The summed E-state index contributed by atoms with van der Waals surface area (Å²) in [4.78, 5) is 4.09. The minimum absolute atomic E-state index is 0.152. The minimum atomic E-state index is -3.56. The van der Waals surface area contributed by atoms with Crippen molar-refractivity contribution < 1.29 is 8.42 Å². The summed E-state index contributed by atoms with van der Waals surface area (Å²) in [5, 5.41) is 5.93. The van der Waals surface area contributed by atoms with E-state index in [2.05, 4.69) is 14.4 Å². The Morgan fingerprint density at radius 1 is 1.07 bits per heavy atom. The third-order valence-electron chi connectivity index (χ3n) is 5.13. The Balaban J connectivity index is 1.52. The van der Waals surface area contributed by atoms with Gasteiger partial charge in [-0.15, -0.1) is 0 Å². The van der Waals surface area contributed by atoms with Crippen molar-refractivity contribution in [3.05, 3.63) is 77.6 Å². The quantitative estimate of drug-likeness (QED) is 0.637. The fraction of sp³-hybridized carbons (Fsp3) is 0.273. The van der Waals surface area contributed by atoms with Crippen LogP contribution in [0.3, 0.4) is 0 Å². The van der Waals surface area contributed by atoms with Gasteiger partial charge in [0, 0.05) is 23.4 Å². The van der Waals surface area contributed by atoms with Gasteiger partial charge in [0.15, 0.2) is 0 Å². The van der Waals surface area contributed by atoms with E-state index in [1.54, 1.807) is 18.5 Å². The van der Waals surface area contributed by atoms with Gasteiger partial charge in [-0.05, 0) is 42.7 Å². The Kier molecular flexibility index (Phi) is 5.87. The number of pyridine rings is 1. The van der Waals surface area contributed by atoms with Gasteiger partial charge in [0.1, 0.15) is 0 Å². The summed E-state index contributed by atoms with van der Waals surface area (Å²) in [7, 11) is -3.56. The summed E-state index contributed by atoms with van der Waals surface area (Å²) in [5.41, 5.74) is 3.59. The lowest BCUT2D eigenvalue weighted by molar-refractivity contribution is 0.467. The van der Waals surface area contributed by atoms with Gasteiger partial charge < -0.3 is 0 Å². The molecule has 0 unspecified atom stereocenters. The molecule has 6 nitrogen and oxygen atoms in total. The van der Waals surface area contributed by atoms with Crippen molar-refractivity contribution >= 4 is 16.1 Å². The van der Waals surface area contributed by atoms with Crippen molar-refractivity contribution in [2.45, 2.75) is 38.3 Å².